The Morgan fingerprint density at radius 2 is 1.87 bits per heavy atom. The van der Waals surface area contributed by atoms with E-state index in [1.54, 1.807) is 0 Å². The van der Waals surface area contributed by atoms with Crippen LogP contribution in [0.15, 0.2) is 54.9 Å². The Balaban J connectivity index is 1.51. The molecule has 1 aliphatic rings. The quantitative estimate of drug-likeness (QED) is 0.771. The Morgan fingerprint density at radius 3 is 2.61 bits per heavy atom. The first-order chi connectivity index (χ1) is 11.4. The molecule has 2 nitrogen and oxygen atoms in total. The van der Waals surface area contributed by atoms with Crippen LogP contribution in [0.25, 0.3) is 0 Å². The number of aromatic nitrogens is 1. The first kappa shape index (κ1) is 16.2. The van der Waals surface area contributed by atoms with Crippen molar-refractivity contribution in [3.8, 4) is 0 Å². The Hall–Kier alpha value is -1.67. The lowest BCUT2D eigenvalue weighted by Crippen LogP contribution is -2.42. The second-order valence-electron chi connectivity index (χ2n) is 6.69. The highest BCUT2D eigenvalue weighted by molar-refractivity contribution is 5.20. The summed E-state index contributed by atoms with van der Waals surface area (Å²) in [6.45, 7) is 4.81. The molecule has 1 aromatic carbocycles. The molecule has 2 aromatic rings. The predicted octanol–water partition coefficient (Wildman–Crippen LogP) is 4.67. The van der Waals surface area contributed by atoms with Crippen molar-refractivity contribution in [2.45, 2.75) is 51.0 Å². The molecule has 1 saturated heterocycles. The van der Waals surface area contributed by atoms with Crippen LogP contribution in [0, 0.1) is 0 Å². The number of hydrogen-bond donors (Lipinski definition) is 0. The highest BCUT2D eigenvalue weighted by Crippen LogP contribution is 2.32. The van der Waals surface area contributed by atoms with Crippen LogP contribution in [0.2, 0.25) is 0 Å². The van der Waals surface area contributed by atoms with Gasteiger partial charge in [0.25, 0.3) is 0 Å². The standard InChI is InChI=1S/C21H28N2/c1-2-21-17-20(19-8-4-3-5-9-19)12-16-23(21)15-6-7-18-10-13-22-14-11-18/h3-5,8-11,13-14,20-21H,2,6-7,12,15-17H2,1H3. The fourth-order valence-electron chi connectivity index (χ4n) is 3.88. The van der Waals surface area contributed by atoms with Gasteiger partial charge in [-0.2, -0.15) is 0 Å². The van der Waals surface area contributed by atoms with Crippen molar-refractivity contribution in [3.63, 3.8) is 0 Å². The zero-order valence-electron chi connectivity index (χ0n) is 14.2. The molecule has 0 radical (unpaired) electrons. The van der Waals surface area contributed by atoms with Gasteiger partial charge in [0.2, 0.25) is 0 Å². The van der Waals surface area contributed by atoms with Crippen molar-refractivity contribution in [3.05, 3.63) is 66.0 Å². The molecule has 1 aliphatic heterocycles. The number of aryl methyl sites for hydroxylation is 1. The minimum atomic E-state index is 0.742. The summed E-state index contributed by atoms with van der Waals surface area (Å²) in [5, 5.41) is 0. The molecule has 2 heteroatoms. The minimum absolute atomic E-state index is 0.742. The number of benzene rings is 1. The molecule has 0 amide bonds. The zero-order chi connectivity index (χ0) is 15.9. The second kappa shape index (κ2) is 8.26. The van der Waals surface area contributed by atoms with Crippen molar-refractivity contribution in [2.75, 3.05) is 13.1 Å². The van der Waals surface area contributed by atoms with E-state index in [0.29, 0.717) is 0 Å². The molecule has 0 saturated carbocycles. The number of nitrogens with zero attached hydrogens (tertiary/aromatic N) is 2. The number of pyridine rings is 1. The first-order valence-electron chi connectivity index (χ1n) is 9.04. The Bertz CT molecular complexity index is 565. The maximum atomic E-state index is 4.10. The summed E-state index contributed by atoms with van der Waals surface area (Å²) in [6, 6.07) is 16.1. The van der Waals surface area contributed by atoms with Crippen molar-refractivity contribution in [1.29, 1.82) is 0 Å². The largest absolute Gasteiger partial charge is 0.300 e. The SMILES string of the molecule is CCC1CC(c2ccccc2)CCN1CCCc1ccncc1. The third kappa shape index (κ3) is 4.42. The molecule has 3 rings (SSSR count). The number of hydrogen-bond acceptors (Lipinski definition) is 2. The Morgan fingerprint density at radius 1 is 1.09 bits per heavy atom. The van der Waals surface area contributed by atoms with Gasteiger partial charge in [-0.25, -0.2) is 0 Å². The lowest BCUT2D eigenvalue weighted by atomic mass is 9.84. The van der Waals surface area contributed by atoms with Crippen LogP contribution in [0.5, 0.6) is 0 Å². The van der Waals surface area contributed by atoms with Gasteiger partial charge in [0.15, 0.2) is 0 Å². The fourth-order valence-corrected chi connectivity index (χ4v) is 3.88. The molecule has 122 valence electrons. The highest BCUT2D eigenvalue weighted by atomic mass is 15.2. The van der Waals surface area contributed by atoms with Crippen molar-refractivity contribution in [2.24, 2.45) is 0 Å². The van der Waals surface area contributed by atoms with Gasteiger partial charge in [-0.1, -0.05) is 37.3 Å². The van der Waals surface area contributed by atoms with Crippen molar-refractivity contribution < 1.29 is 0 Å². The van der Waals surface area contributed by atoms with E-state index in [1.807, 2.05) is 12.4 Å². The van der Waals surface area contributed by atoms with E-state index in [0.717, 1.165) is 18.4 Å². The smallest absolute Gasteiger partial charge is 0.0270 e. The van der Waals surface area contributed by atoms with E-state index < -0.39 is 0 Å². The summed E-state index contributed by atoms with van der Waals surface area (Å²) in [5.41, 5.74) is 2.94. The number of piperidine rings is 1. The van der Waals surface area contributed by atoms with Gasteiger partial charge in [-0.05, 0) is 74.4 Å². The van der Waals surface area contributed by atoms with Crippen LogP contribution in [0.4, 0.5) is 0 Å². The average Bonchev–Trinajstić information content (AvgIpc) is 2.63. The van der Waals surface area contributed by atoms with E-state index in [4.69, 9.17) is 0 Å². The first-order valence-corrected chi connectivity index (χ1v) is 9.04. The maximum Gasteiger partial charge on any atom is 0.0270 e. The van der Waals surface area contributed by atoms with Gasteiger partial charge in [0.05, 0.1) is 0 Å². The summed E-state index contributed by atoms with van der Waals surface area (Å²) in [4.78, 5) is 6.82. The fraction of sp³-hybridized carbons (Fsp3) is 0.476. The summed E-state index contributed by atoms with van der Waals surface area (Å²) >= 11 is 0. The molecule has 2 atom stereocenters. The van der Waals surface area contributed by atoms with E-state index in [1.165, 1.54) is 49.9 Å². The van der Waals surface area contributed by atoms with Gasteiger partial charge in [0.1, 0.15) is 0 Å². The highest BCUT2D eigenvalue weighted by Gasteiger charge is 2.27. The molecule has 0 spiro atoms. The molecule has 2 heterocycles. The van der Waals surface area contributed by atoms with E-state index in [2.05, 4.69) is 59.3 Å². The number of rotatable bonds is 6. The van der Waals surface area contributed by atoms with Crippen LogP contribution in [0.3, 0.4) is 0 Å². The van der Waals surface area contributed by atoms with E-state index >= 15 is 0 Å². The molecular weight excluding hydrogens is 280 g/mol. The Labute approximate surface area is 140 Å². The molecule has 0 bridgehead atoms. The predicted molar refractivity (Wildman–Crippen MR) is 96.6 cm³/mol. The second-order valence-corrected chi connectivity index (χ2v) is 6.69. The summed E-state index contributed by atoms with van der Waals surface area (Å²) in [6.07, 6.45) is 10.1. The molecule has 0 N–H and O–H groups in total. The van der Waals surface area contributed by atoms with Crippen LogP contribution < -0.4 is 0 Å². The lowest BCUT2D eigenvalue weighted by Gasteiger charge is -2.39. The van der Waals surface area contributed by atoms with E-state index in [-0.39, 0.29) is 0 Å². The summed E-state index contributed by atoms with van der Waals surface area (Å²) in [5.74, 6) is 0.748. The minimum Gasteiger partial charge on any atom is -0.300 e. The van der Waals surface area contributed by atoms with Crippen molar-refractivity contribution in [1.82, 2.24) is 9.88 Å². The lowest BCUT2D eigenvalue weighted by molar-refractivity contribution is 0.129. The van der Waals surface area contributed by atoms with Crippen molar-refractivity contribution >= 4 is 0 Å². The van der Waals surface area contributed by atoms with Gasteiger partial charge < -0.3 is 4.90 Å². The molecule has 0 aliphatic carbocycles. The topological polar surface area (TPSA) is 16.1 Å². The normalized spacial score (nSPS) is 22.1. The average molecular weight is 308 g/mol. The Kier molecular flexibility index (Phi) is 5.82. The zero-order valence-corrected chi connectivity index (χ0v) is 14.2. The number of likely N-dealkylation sites (tertiary alicyclic amines) is 1. The van der Waals surface area contributed by atoms with Gasteiger partial charge >= 0.3 is 0 Å². The monoisotopic (exact) mass is 308 g/mol. The maximum absolute atomic E-state index is 4.10. The van der Waals surface area contributed by atoms with Crippen LogP contribution >= 0.6 is 0 Å². The summed E-state index contributed by atoms with van der Waals surface area (Å²) < 4.78 is 0. The van der Waals surface area contributed by atoms with Crippen LogP contribution in [-0.2, 0) is 6.42 Å². The molecular formula is C21H28N2. The van der Waals surface area contributed by atoms with Gasteiger partial charge in [-0.3, -0.25) is 4.98 Å². The van der Waals surface area contributed by atoms with E-state index in [9.17, 15) is 0 Å². The third-order valence-electron chi connectivity index (χ3n) is 5.24. The molecule has 1 fully saturated rings. The third-order valence-corrected chi connectivity index (χ3v) is 5.24. The summed E-state index contributed by atoms with van der Waals surface area (Å²) in [7, 11) is 0. The van der Waals surface area contributed by atoms with Crippen LogP contribution in [0.1, 0.15) is 49.7 Å². The van der Waals surface area contributed by atoms with Gasteiger partial charge in [-0.15, -0.1) is 0 Å². The molecule has 23 heavy (non-hydrogen) atoms. The van der Waals surface area contributed by atoms with Gasteiger partial charge in [0, 0.05) is 18.4 Å². The molecule has 1 aromatic heterocycles. The van der Waals surface area contributed by atoms with Crippen LogP contribution in [-0.4, -0.2) is 29.0 Å². The molecule has 2 unspecified atom stereocenters.